The molecule has 3 fully saturated rings. The molecule has 0 spiro atoms. The third-order valence-corrected chi connectivity index (χ3v) is 10.0. The zero-order valence-electron chi connectivity index (χ0n) is 20.1. The quantitative estimate of drug-likeness (QED) is 0.326. The monoisotopic (exact) mass is 440 g/mol. The third-order valence-electron chi connectivity index (χ3n) is 10.0. The van der Waals surface area contributed by atoms with Gasteiger partial charge in [-0.25, -0.2) is 0 Å². The number of hydrogen-bond donors (Lipinski definition) is 1. The lowest BCUT2D eigenvalue weighted by Crippen LogP contribution is -2.55. The van der Waals surface area contributed by atoms with E-state index in [9.17, 15) is 14.3 Å². The van der Waals surface area contributed by atoms with E-state index in [0.29, 0.717) is 5.41 Å². The lowest BCUT2D eigenvalue weighted by atomic mass is 9.40. The zero-order chi connectivity index (χ0) is 23.5. The number of aliphatic hydroxyl groups excluding tert-OH is 1. The maximum atomic E-state index is 12.5. The Hall–Kier alpha value is -1.97. The molecule has 6 unspecified atom stereocenters. The predicted molar refractivity (Wildman–Crippen MR) is 125 cm³/mol. The van der Waals surface area contributed by atoms with Crippen LogP contribution in [0, 0.1) is 34.0 Å². The van der Waals surface area contributed by atoms with Gasteiger partial charge in [0, 0.05) is 11.0 Å². The van der Waals surface area contributed by atoms with Crippen LogP contribution in [-0.2, 0) is 9.59 Å². The van der Waals surface area contributed by atoms with Gasteiger partial charge in [0.2, 0.25) is 5.78 Å². The second kappa shape index (κ2) is 7.81. The molecule has 0 bridgehead atoms. The highest BCUT2D eigenvalue weighted by molar-refractivity contribution is 6.06. The van der Waals surface area contributed by atoms with Gasteiger partial charge in [0.05, 0.1) is 0 Å². The lowest BCUT2D eigenvalue weighted by molar-refractivity contribution is -0.114. The van der Waals surface area contributed by atoms with Gasteiger partial charge in [-0.05, 0) is 91.3 Å². The Morgan fingerprint density at radius 1 is 1.06 bits per heavy atom. The third kappa shape index (κ3) is 3.20. The Bertz CT molecular complexity index is 969. The number of fused-ring (bicyclic) bond motifs is 7. The van der Waals surface area contributed by atoms with Gasteiger partial charge in [-0.1, -0.05) is 51.8 Å². The number of aliphatic hydroxyl groups is 1. The maximum Gasteiger partial charge on any atom is 0.289 e. The van der Waals surface area contributed by atoms with Crippen molar-refractivity contribution >= 4 is 12.3 Å². The first-order chi connectivity index (χ1) is 15.0. The highest BCUT2D eigenvalue weighted by Gasteiger charge is 2.60. The summed E-state index contributed by atoms with van der Waals surface area (Å²) in [7, 11) is 0. The summed E-state index contributed by atoms with van der Waals surface area (Å²) in [6, 6.07) is 0. The van der Waals surface area contributed by atoms with Crippen molar-refractivity contribution in [2.45, 2.75) is 79.6 Å². The van der Waals surface area contributed by atoms with E-state index in [0.717, 1.165) is 40.9 Å². The van der Waals surface area contributed by atoms with Crippen LogP contribution in [0.1, 0.15) is 79.6 Å². The molecule has 32 heavy (non-hydrogen) atoms. The molecule has 5 aliphatic carbocycles. The van der Waals surface area contributed by atoms with Crippen LogP contribution in [0.2, 0.25) is 0 Å². The fourth-order valence-electron chi connectivity index (χ4n) is 8.08. The fraction of sp³-hybridized carbons (Fsp3) is 0.643. The maximum absolute atomic E-state index is 12.5. The Morgan fingerprint density at radius 2 is 1.75 bits per heavy atom. The van der Waals surface area contributed by atoms with Crippen molar-refractivity contribution in [2.75, 3.05) is 0 Å². The van der Waals surface area contributed by atoms with Crippen molar-refractivity contribution in [3.63, 3.8) is 0 Å². The molecule has 0 aromatic heterocycles. The lowest BCUT2D eigenvalue weighted by Gasteiger charge is -2.64. The summed E-state index contributed by atoms with van der Waals surface area (Å²) >= 11 is 0. The molecule has 5 rings (SSSR count). The van der Waals surface area contributed by atoms with Crippen LogP contribution in [0.15, 0.2) is 46.3 Å². The van der Waals surface area contributed by atoms with Gasteiger partial charge in [-0.3, -0.25) is 9.59 Å². The van der Waals surface area contributed by atoms with Crippen molar-refractivity contribution < 1.29 is 19.1 Å². The van der Waals surface area contributed by atoms with Crippen LogP contribution in [0.3, 0.4) is 0 Å². The Labute approximate surface area is 191 Å². The Balaban J connectivity index is 0.000000775. The van der Waals surface area contributed by atoms with E-state index in [1.165, 1.54) is 38.5 Å². The highest BCUT2D eigenvalue weighted by atomic mass is 19.1. The number of allylic oxidation sites excluding steroid dienone is 7. The summed E-state index contributed by atoms with van der Waals surface area (Å²) in [5.74, 6) is 2.13. The largest absolute Gasteiger partial charge is 0.504 e. The average molecular weight is 441 g/mol. The number of carbonyl (C=O) groups is 2. The molecule has 0 aromatic rings. The van der Waals surface area contributed by atoms with Crippen molar-refractivity contribution in [3.8, 4) is 0 Å². The standard InChI is InChI=1S/C27H36O2.CHFO/c1-16-8-10-25(3)12-13-27(5)19(21(25)14-16)9-11-26(4)20-15-22(28)24(29)17(2)18(20)6-7-23(26)27;2-1-3/h6-7,15-16,19,21,29H,8-14H2,1-5H3;1H. The van der Waals surface area contributed by atoms with Gasteiger partial charge >= 0.3 is 0 Å². The molecule has 0 amide bonds. The van der Waals surface area contributed by atoms with E-state index in [-0.39, 0.29) is 22.4 Å². The van der Waals surface area contributed by atoms with E-state index < -0.39 is 6.54 Å². The summed E-state index contributed by atoms with van der Waals surface area (Å²) in [6.45, 7) is 11.1. The summed E-state index contributed by atoms with van der Waals surface area (Å²) in [5, 5.41) is 10.2. The summed E-state index contributed by atoms with van der Waals surface area (Å²) < 4.78 is 9.61. The molecule has 1 N–H and O–H groups in total. The summed E-state index contributed by atoms with van der Waals surface area (Å²) in [5.41, 5.74) is 5.18. The molecule has 5 aliphatic rings. The van der Waals surface area contributed by atoms with Crippen molar-refractivity contribution in [3.05, 3.63) is 46.3 Å². The van der Waals surface area contributed by atoms with Gasteiger partial charge in [-0.2, -0.15) is 4.39 Å². The van der Waals surface area contributed by atoms with E-state index in [2.05, 4.69) is 39.8 Å². The van der Waals surface area contributed by atoms with Crippen molar-refractivity contribution in [1.82, 2.24) is 0 Å². The fourth-order valence-corrected chi connectivity index (χ4v) is 8.08. The summed E-state index contributed by atoms with van der Waals surface area (Å²) in [4.78, 5) is 20.6. The first kappa shape index (κ1) is 23.2. The van der Waals surface area contributed by atoms with Crippen LogP contribution < -0.4 is 0 Å². The molecule has 0 radical (unpaired) electrons. The van der Waals surface area contributed by atoms with Gasteiger partial charge < -0.3 is 5.11 Å². The van der Waals surface area contributed by atoms with Crippen molar-refractivity contribution in [2.24, 2.45) is 34.0 Å². The normalized spacial score (nSPS) is 42.6. The number of hydrogen-bond acceptors (Lipinski definition) is 3. The van der Waals surface area contributed by atoms with Gasteiger partial charge in [0.25, 0.3) is 6.54 Å². The van der Waals surface area contributed by atoms with Gasteiger partial charge in [-0.15, -0.1) is 0 Å². The highest BCUT2D eigenvalue weighted by Crippen LogP contribution is 2.69. The number of halogens is 1. The minimum atomic E-state index is -0.750. The smallest absolute Gasteiger partial charge is 0.289 e. The first-order valence-corrected chi connectivity index (χ1v) is 12.2. The number of ketones is 1. The summed E-state index contributed by atoms with van der Waals surface area (Å²) in [6.07, 6.45) is 15.5. The molecule has 0 saturated heterocycles. The number of carbonyl (C=O) groups excluding carboxylic acids is 2. The zero-order valence-corrected chi connectivity index (χ0v) is 20.1. The SMILES string of the molecule is CC1=C(O)C(=O)C=C2C1=CC=C1C2(C)CCC2C3CC(C)CCC3(C)CCC12C.O=CF. The molecular weight excluding hydrogens is 403 g/mol. The molecule has 4 heteroatoms. The van der Waals surface area contributed by atoms with Crippen LogP contribution in [0.4, 0.5) is 4.39 Å². The molecule has 6 atom stereocenters. The van der Waals surface area contributed by atoms with Crippen molar-refractivity contribution in [1.29, 1.82) is 0 Å². The van der Waals surface area contributed by atoms with E-state index in [1.54, 1.807) is 11.6 Å². The van der Waals surface area contributed by atoms with Crippen LogP contribution >= 0.6 is 0 Å². The average Bonchev–Trinajstić information content (AvgIpc) is 2.74. The Kier molecular flexibility index (Phi) is 5.66. The minimum Gasteiger partial charge on any atom is -0.504 e. The molecular formula is C28H37FO3. The minimum absolute atomic E-state index is 0.0787. The van der Waals surface area contributed by atoms with Gasteiger partial charge in [0.15, 0.2) is 5.76 Å². The second-order valence-corrected chi connectivity index (χ2v) is 11.7. The van der Waals surface area contributed by atoms with Gasteiger partial charge in [0.1, 0.15) is 0 Å². The molecule has 3 nitrogen and oxygen atoms in total. The number of rotatable bonds is 0. The van der Waals surface area contributed by atoms with E-state index in [4.69, 9.17) is 4.79 Å². The molecule has 174 valence electrons. The Morgan fingerprint density at radius 3 is 2.44 bits per heavy atom. The van der Waals surface area contributed by atoms with E-state index >= 15 is 0 Å². The molecule has 0 aliphatic heterocycles. The second-order valence-electron chi connectivity index (χ2n) is 11.7. The molecule has 0 aromatic carbocycles. The van der Waals surface area contributed by atoms with Crippen LogP contribution in [0.25, 0.3) is 0 Å². The van der Waals surface area contributed by atoms with Crippen LogP contribution in [0.5, 0.6) is 0 Å². The van der Waals surface area contributed by atoms with E-state index in [1.807, 2.05) is 6.92 Å². The molecule has 3 saturated carbocycles. The molecule has 0 heterocycles. The van der Waals surface area contributed by atoms with Crippen LogP contribution in [-0.4, -0.2) is 17.4 Å². The predicted octanol–water partition coefficient (Wildman–Crippen LogP) is 7.00. The topological polar surface area (TPSA) is 54.4 Å². The first-order valence-electron chi connectivity index (χ1n) is 12.2.